The van der Waals surface area contributed by atoms with Gasteiger partial charge in [-0.15, -0.1) is 11.3 Å². The molecule has 0 aliphatic carbocycles. The van der Waals surface area contributed by atoms with Crippen LogP contribution < -0.4 is 5.32 Å². The molecule has 0 spiro atoms. The quantitative estimate of drug-likeness (QED) is 0.572. The highest BCUT2D eigenvalue weighted by Crippen LogP contribution is 2.32. The zero-order chi connectivity index (χ0) is 24.5. The van der Waals surface area contributed by atoms with E-state index in [4.69, 9.17) is 16.3 Å². The number of nitrogens with one attached hydrogen (secondary N) is 1. The Morgan fingerprint density at radius 2 is 1.91 bits per heavy atom. The Hall–Kier alpha value is -2.58. The van der Waals surface area contributed by atoms with E-state index in [9.17, 15) is 14.4 Å². The van der Waals surface area contributed by atoms with Crippen LogP contribution >= 0.6 is 22.9 Å². The Bertz CT molecular complexity index is 1090. The Morgan fingerprint density at radius 3 is 2.56 bits per heavy atom. The van der Waals surface area contributed by atoms with Gasteiger partial charge in [-0.05, 0) is 70.2 Å². The maximum atomic E-state index is 13.0. The normalized spacial score (nSPS) is 16.5. The lowest BCUT2D eigenvalue weighted by Crippen LogP contribution is -2.42. The number of fused-ring (bicyclic) bond motifs is 1. The number of piperidine rings is 1. The molecule has 1 aromatic heterocycles. The average Bonchev–Trinajstić information content (AvgIpc) is 3.35. The molecule has 9 heteroatoms. The van der Waals surface area contributed by atoms with E-state index in [0.29, 0.717) is 52.6 Å². The number of carbonyl (C=O) groups excluding carboxylic acids is 3. The fourth-order valence-corrected chi connectivity index (χ4v) is 5.32. The van der Waals surface area contributed by atoms with E-state index in [1.54, 1.807) is 23.1 Å². The third-order valence-corrected chi connectivity index (χ3v) is 7.39. The lowest BCUT2D eigenvalue weighted by atomic mass is 9.93. The van der Waals surface area contributed by atoms with Crippen molar-refractivity contribution in [2.45, 2.75) is 52.2 Å². The van der Waals surface area contributed by atoms with Gasteiger partial charge in [-0.25, -0.2) is 4.79 Å². The SMILES string of the molecule is CC(C)(C)OC(=O)N1CCC(CCN2Cc3c(NC(=O)c4ccc(Cl)s4)cccc3C2=O)CC1. The maximum absolute atomic E-state index is 13.0. The van der Waals surface area contributed by atoms with Crippen LogP contribution in [0.5, 0.6) is 0 Å². The highest BCUT2D eigenvalue weighted by molar-refractivity contribution is 7.18. The summed E-state index contributed by atoms with van der Waals surface area (Å²) in [5, 5.41) is 2.93. The summed E-state index contributed by atoms with van der Waals surface area (Å²) in [5.74, 6) is 0.224. The van der Waals surface area contributed by atoms with Crippen LogP contribution in [0.1, 0.15) is 65.6 Å². The van der Waals surface area contributed by atoms with Gasteiger partial charge >= 0.3 is 6.09 Å². The van der Waals surface area contributed by atoms with Crippen molar-refractivity contribution in [1.29, 1.82) is 0 Å². The van der Waals surface area contributed by atoms with Gasteiger partial charge in [-0.1, -0.05) is 17.7 Å². The summed E-state index contributed by atoms with van der Waals surface area (Å²) in [6, 6.07) is 8.82. The molecule has 3 amide bonds. The summed E-state index contributed by atoms with van der Waals surface area (Å²) in [4.78, 5) is 42.0. The van der Waals surface area contributed by atoms with Crippen LogP contribution in [0.15, 0.2) is 30.3 Å². The minimum absolute atomic E-state index is 0.00328. The number of nitrogens with zero attached hydrogens (tertiary/aromatic N) is 2. The predicted octanol–water partition coefficient (Wildman–Crippen LogP) is 5.65. The molecule has 0 atom stereocenters. The van der Waals surface area contributed by atoms with Crippen molar-refractivity contribution in [2.75, 3.05) is 25.0 Å². The van der Waals surface area contributed by atoms with Crippen molar-refractivity contribution in [3.8, 4) is 0 Å². The number of amides is 3. The average molecular weight is 504 g/mol. The van der Waals surface area contributed by atoms with Gasteiger partial charge in [0, 0.05) is 43.0 Å². The molecule has 182 valence electrons. The van der Waals surface area contributed by atoms with E-state index in [-0.39, 0.29) is 17.9 Å². The van der Waals surface area contributed by atoms with E-state index >= 15 is 0 Å². The molecule has 1 aromatic carbocycles. The monoisotopic (exact) mass is 503 g/mol. The van der Waals surface area contributed by atoms with Gasteiger partial charge < -0.3 is 19.9 Å². The van der Waals surface area contributed by atoms with Crippen molar-refractivity contribution in [3.05, 3.63) is 50.7 Å². The Morgan fingerprint density at radius 1 is 1.18 bits per heavy atom. The molecule has 1 N–H and O–H groups in total. The number of ether oxygens (including phenoxy) is 1. The summed E-state index contributed by atoms with van der Waals surface area (Å²) in [6.45, 7) is 8.10. The van der Waals surface area contributed by atoms with E-state index < -0.39 is 5.60 Å². The molecule has 2 aliphatic rings. The number of halogens is 1. The molecule has 2 aliphatic heterocycles. The summed E-state index contributed by atoms with van der Waals surface area (Å²) in [7, 11) is 0. The van der Waals surface area contributed by atoms with E-state index in [1.807, 2.05) is 37.8 Å². The number of likely N-dealkylation sites (tertiary alicyclic amines) is 1. The molecule has 0 unspecified atom stereocenters. The summed E-state index contributed by atoms with van der Waals surface area (Å²) >= 11 is 7.17. The lowest BCUT2D eigenvalue weighted by molar-refractivity contribution is 0.0178. The number of rotatable bonds is 5. The van der Waals surface area contributed by atoms with Gasteiger partial charge in [0.1, 0.15) is 5.60 Å². The van der Waals surface area contributed by atoms with Gasteiger partial charge in [0.2, 0.25) is 0 Å². The Kier molecular flexibility index (Phi) is 7.19. The third kappa shape index (κ3) is 5.73. The first kappa shape index (κ1) is 24.5. The van der Waals surface area contributed by atoms with Crippen molar-refractivity contribution >= 4 is 46.5 Å². The first-order chi connectivity index (χ1) is 16.1. The number of thiophene rings is 1. The number of hydrogen-bond donors (Lipinski definition) is 1. The van der Waals surface area contributed by atoms with Gasteiger partial charge in [-0.2, -0.15) is 0 Å². The topological polar surface area (TPSA) is 79.0 Å². The fourth-order valence-electron chi connectivity index (χ4n) is 4.38. The van der Waals surface area contributed by atoms with Gasteiger partial charge in [-0.3, -0.25) is 9.59 Å². The van der Waals surface area contributed by atoms with E-state index in [2.05, 4.69) is 5.32 Å². The molecule has 3 heterocycles. The minimum atomic E-state index is -0.492. The zero-order valence-electron chi connectivity index (χ0n) is 19.7. The molecule has 0 bridgehead atoms. The number of benzene rings is 1. The number of carbonyl (C=O) groups is 3. The Labute approximate surface area is 209 Å². The lowest BCUT2D eigenvalue weighted by Gasteiger charge is -2.34. The van der Waals surface area contributed by atoms with Crippen molar-refractivity contribution in [1.82, 2.24) is 9.80 Å². The smallest absolute Gasteiger partial charge is 0.410 e. The second-order valence-corrected chi connectivity index (χ2v) is 11.5. The van der Waals surface area contributed by atoms with Crippen molar-refractivity contribution in [3.63, 3.8) is 0 Å². The summed E-state index contributed by atoms with van der Waals surface area (Å²) in [6.07, 6.45) is 2.44. The molecule has 4 rings (SSSR count). The molecule has 7 nitrogen and oxygen atoms in total. The molecule has 34 heavy (non-hydrogen) atoms. The van der Waals surface area contributed by atoms with Gasteiger partial charge in [0.05, 0.1) is 9.21 Å². The molecule has 0 saturated carbocycles. The second-order valence-electron chi connectivity index (χ2n) is 9.82. The zero-order valence-corrected chi connectivity index (χ0v) is 21.3. The highest BCUT2D eigenvalue weighted by atomic mass is 35.5. The van der Waals surface area contributed by atoms with Gasteiger partial charge in [0.15, 0.2) is 0 Å². The molecule has 2 aromatic rings. The maximum Gasteiger partial charge on any atom is 0.410 e. The van der Waals surface area contributed by atoms with Crippen molar-refractivity contribution in [2.24, 2.45) is 5.92 Å². The Balaban J connectivity index is 1.31. The van der Waals surface area contributed by atoms with E-state index in [0.717, 1.165) is 24.8 Å². The standard InChI is InChI=1S/C25H30ClN3O4S/c1-25(2,3)33-24(32)28-12-9-16(10-13-28)11-14-29-15-18-17(23(29)31)5-4-6-19(18)27-22(30)20-7-8-21(26)34-20/h4-8,16H,9-15H2,1-3H3,(H,27,30). The number of hydrogen-bond acceptors (Lipinski definition) is 5. The molecule has 1 saturated heterocycles. The molecular formula is C25H30ClN3O4S. The molecule has 1 fully saturated rings. The largest absolute Gasteiger partial charge is 0.444 e. The van der Waals surface area contributed by atoms with Crippen LogP contribution in [0.25, 0.3) is 0 Å². The summed E-state index contributed by atoms with van der Waals surface area (Å²) in [5.41, 5.74) is 1.66. The predicted molar refractivity (Wildman–Crippen MR) is 134 cm³/mol. The third-order valence-electron chi connectivity index (χ3n) is 6.16. The van der Waals surface area contributed by atoms with E-state index in [1.165, 1.54) is 11.3 Å². The fraction of sp³-hybridized carbons (Fsp3) is 0.480. The van der Waals surface area contributed by atoms with Crippen LogP contribution in [-0.4, -0.2) is 52.9 Å². The first-order valence-corrected chi connectivity index (χ1v) is 12.8. The van der Waals surface area contributed by atoms with Crippen LogP contribution in [0.3, 0.4) is 0 Å². The number of anilines is 1. The minimum Gasteiger partial charge on any atom is -0.444 e. The molecular weight excluding hydrogens is 474 g/mol. The summed E-state index contributed by atoms with van der Waals surface area (Å²) < 4.78 is 6.03. The highest BCUT2D eigenvalue weighted by Gasteiger charge is 2.31. The van der Waals surface area contributed by atoms with Crippen LogP contribution in [0.2, 0.25) is 4.34 Å². The van der Waals surface area contributed by atoms with Crippen LogP contribution in [0, 0.1) is 5.92 Å². The van der Waals surface area contributed by atoms with Crippen LogP contribution in [0.4, 0.5) is 10.5 Å². The van der Waals surface area contributed by atoms with Gasteiger partial charge in [0.25, 0.3) is 11.8 Å². The first-order valence-electron chi connectivity index (χ1n) is 11.6. The molecule has 0 radical (unpaired) electrons. The van der Waals surface area contributed by atoms with Crippen molar-refractivity contribution < 1.29 is 19.1 Å². The second kappa shape index (κ2) is 9.96. The van der Waals surface area contributed by atoms with Crippen LogP contribution in [-0.2, 0) is 11.3 Å².